The fourth-order valence-electron chi connectivity index (χ4n) is 19.9. The number of fused-ring (bicyclic) bond motifs is 2. The van der Waals surface area contributed by atoms with Gasteiger partial charge in [-0.25, -0.2) is 0 Å². The predicted molar refractivity (Wildman–Crippen MR) is 549 cm³/mol. The molecular weight excluding hydrogens is 2190 g/mol. The molecule has 0 saturated carbocycles. The molecule has 6 saturated heterocycles. The van der Waals surface area contributed by atoms with Gasteiger partial charge in [-0.1, -0.05) is 151 Å². The van der Waals surface area contributed by atoms with Crippen molar-refractivity contribution in [3.05, 3.63) is 48.5 Å². The summed E-state index contributed by atoms with van der Waals surface area (Å²) < 4.78 is 122. The molecule has 8 aliphatic heterocycles. The molecule has 2 aromatic rings. The number of esters is 2. The molecular formula is C93H158I2N4O25S8V2. The van der Waals surface area contributed by atoms with Crippen molar-refractivity contribution < 1.29 is 151 Å². The number of likely N-dealkylation sites (N-methyl/N-ethyl adjacent to an activating group) is 2. The molecule has 10 rings (SSSR count). The van der Waals surface area contributed by atoms with Crippen molar-refractivity contribution in [3.8, 4) is 0 Å². The Bertz CT molecular complexity index is 3730. The molecule has 772 valence electrons. The number of oxime groups is 2. The number of rotatable bonds is 24. The number of benzene rings is 2. The average molecular weight is 2350 g/mol. The van der Waals surface area contributed by atoms with Crippen molar-refractivity contribution in [2.24, 2.45) is 63.1 Å². The molecule has 0 bridgehead atoms. The van der Waals surface area contributed by atoms with Gasteiger partial charge in [0.25, 0.3) is 0 Å². The van der Waals surface area contributed by atoms with E-state index in [0.29, 0.717) is 40.2 Å². The third-order valence-corrected chi connectivity index (χ3v) is 33.0. The maximum absolute atomic E-state index is 14.7. The minimum Gasteiger partial charge on any atom is 0 e. The van der Waals surface area contributed by atoms with E-state index in [1.165, 1.54) is 44.5 Å². The number of nitrogens with zero attached hydrogens (tertiary/aromatic N) is 4. The van der Waals surface area contributed by atoms with Gasteiger partial charge in [-0.3, -0.25) is 9.59 Å². The Morgan fingerprint density at radius 1 is 0.522 bits per heavy atom. The molecule has 7 N–H and O–H groups in total. The summed E-state index contributed by atoms with van der Waals surface area (Å²) in [6, 6.07) is 15.7. The number of ether oxygens (including phenoxy) is 12. The second kappa shape index (κ2) is 56.9. The number of cyclic esters (lactones) is 2. The summed E-state index contributed by atoms with van der Waals surface area (Å²) in [4.78, 5) is 50.2. The summed E-state index contributed by atoms with van der Waals surface area (Å²) in [7, 11) is 11.6. The van der Waals surface area contributed by atoms with Crippen LogP contribution in [0.5, 0.6) is 0 Å². The normalized spacial score (nSPS) is 41.5. The van der Waals surface area contributed by atoms with Crippen molar-refractivity contribution >= 4 is 160 Å². The molecule has 0 amide bonds. The summed E-state index contributed by atoms with van der Waals surface area (Å²) >= 11 is 19.9. The van der Waals surface area contributed by atoms with E-state index in [1.807, 2.05) is 137 Å². The zero-order valence-electron chi connectivity index (χ0n) is 87.3. The second-order valence-corrected chi connectivity index (χ2v) is 56.0. The molecule has 41 heteroatoms. The minimum atomic E-state index is -1.96. The Labute approximate surface area is 882 Å². The smallest absolute Gasteiger partial charge is 0 e. The van der Waals surface area contributed by atoms with Crippen LogP contribution in [0.4, 0.5) is 0 Å². The summed E-state index contributed by atoms with van der Waals surface area (Å²) in [6.07, 6.45) is -11.7. The first kappa shape index (κ1) is 118. The number of aliphatic hydroxyl groups is 7. The predicted octanol–water partition coefficient (Wildman–Crippen LogP) is 16.3. The molecule has 35 atom stereocenters. The second-order valence-electron chi connectivity index (χ2n) is 38.3. The van der Waals surface area contributed by atoms with Gasteiger partial charge in [0.05, 0.1) is 101 Å². The summed E-state index contributed by atoms with van der Waals surface area (Å²) in [6.45, 7) is 38.2. The largest absolute Gasteiger partial charge is 0 e. The Balaban J connectivity index is 0.000000454. The number of carbonyl (C=O) groups is 2. The molecule has 8 heterocycles. The van der Waals surface area contributed by atoms with Crippen LogP contribution in [0.15, 0.2) is 78.4 Å². The SMILES string of the molecule is CS.CS.[3H]CSOC1C(O[C@@H]2[C@@H](C)[C@H](OC3CC(C)(OC)C(O[3H])C(C)O3)[C@@H](C)C(=O)O[C@H](CC)[C@@](C)(O)[C@H](O)[C@@H](C)/C(=N/OC3Sc4ccccc4S3)[C@H](C)CC2(C)C)OC(C)CC1N(C)C.[3H]CSOC1C(O[C@@H]2[C@@H](C)[C@H](OC3CC(C)(OC)C(O[3H])C(C)O3)[C@@H](C)C(=O)O[C@H](CC)[C@@](C)(O)[C@H](O)[C@@H](C)/C(=N/OC3Sc4ccccc4S3)[C@H](C)C[C@@]2(C)O)OC(C)CC1N(C)C.[I][V][I].[V]. The number of thioether (sulfide) groups is 4. The fraction of sp³-hybridized carbons (Fsp3) is 0.828. The molecule has 134 heavy (non-hydrogen) atoms. The number of methoxy groups -OCH3 is 2. The van der Waals surface area contributed by atoms with Crippen LogP contribution in [-0.4, -0.2) is 312 Å². The number of aliphatic hydroxyl groups excluding tert-OH is 4. The van der Waals surface area contributed by atoms with E-state index in [0.717, 1.165) is 43.7 Å². The number of hydrogen-bond acceptors (Lipinski definition) is 37. The number of carbonyl (C=O) groups excluding carboxylic acids is 2. The van der Waals surface area contributed by atoms with Crippen molar-refractivity contribution in [1.29, 1.82) is 2.86 Å². The average Bonchev–Trinajstić information content (AvgIpc) is 1.04. The molecule has 6 fully saturated rings. The molecule has 16 unspecified atom stereocenters. The first-order valence-electron chi connectivity index (χ1n) is 47.8. The number of thiol groups is 2. The third-order valence-electron chi connectivity index (χ3n) is 27.3. The van der Waals surface area contributed by atoms with Gasteiger partial charge >= 0.3 is 61.4 Å². The van der Waals surface area contributed by atoms with E-state index in [2.05, 4.69) is 84.0 Å². The topological polar surface area (TPSA) is 355 Å². The first-order valence-corrected chi connectivity index (χ1v) is 61.7. The number of hydrogen-bond donors (Lipinski definition) is 9. The Morgan fingerprint density at radius 3 is 1.18 bits per heavy atom. The quantitative estimate of drug-likeness (QED) is 0.0155. The molecule has 29 nitrogen and oxygen atoms in total. The first-order chi connectivity index (χ1) is 64.5. The van der Waals surface area contributed by atoms with Crippen LogP contribution < -0.4 is 0 Å². The van der Waals surface area contributed by atoms with Gasteiger partial charge < -0.3 is 120 Å². The van der Waals surface area contributed by atoms with Crippen LogP contribution in [0.3, 0.4) is 0 Å². The molecule has 0 aromatic heterocycles. The van der Waals surface area contributed by atoms with Crippen molar-refractivity contribution in [2.75, 3.05) is 67.4 Å². The molecule has 0 aliphatic carbocycles. The van der Waals surface area contributed by atoms with E-state index < -0.39 is 202 Å². The van der Waals surface area contributed by atoms with Gasteiger partial charge in [-0.15, -0.1) is 0 Å². The minimum absolute atomic E-state index is 0. The van der Waals surface area contributed by atoms with E-state index in [9.17, 15) is 35.1 Å². The molecule has 0 spiro atoms. The van der Waals surface area contributed by atoms with Crippen molar-refractivity contribution in [3.63, 3.8) is 0 Å². The fourth-order valence-corrected chi connectivity index (χ4v) is 25.4. The van der Waals surface area contributed by atoms with Crippen LogP contribution in [-0.2, 0) is 112 Å². The molecule has 2 aromatic carbocycles. The van der Waals surface area contributed by atoms with Gasteiger partial charge in [0.2, 0.25) is 12.4 Å². The van der Waals surface area contributed by atoms with E-state index in [1.54, 1.807) is 105 Å². The Hall–Kier alpha value is 0.909. The summed E-state index contributed by atoms with van der Waals surface area (Å²) in [5.41, 5.74) is -7.44. The van der Waals surface area contributed by atoms with Gasteiger partial charge in [-0.05, 0) is 215 Å². The Kier molecular flexibility index (Phi) is 50.3. The molecule has 1 radical (unpaired) electrons. The summed E-state index contributed by atoms with van der Waals surface area (Å²) in [5.74, 6) is -7.31. The zero-order chi connectivity index (χ0) is 103. The molecule has 8 aliphatic rings. The zero-order valence-corrected chi connectivity index (χ0v) is 97.1. The summed E-state index contributed by atoms with van der Waals surface area (Å²) in [5, 5.41) is 81.6. The van der Waals surface area contributed by atoms with E-state index in [4.69, 9.17) is 101 Å². The van der Waals surface area contributed by atoms with Crippen LogP contribution in [0.25, 0.3) is 0 Å². The van der Waals surface area contributed by atoms with Crippen molar-refractivity contribution in [1.82, 2.24) is 9.80 Å². The van der Waals surface area contributed by atoms with E-state index in [-0.39, 0.29) is 98.1 Å². The Morgan fingerprint density at radius 2 is 0.858 bits per heavy atom. The monoisotopic (exact) mass is 2350 g/mol. The maximum atomic E-state index is 14.7. The van der Waals surface area contributed by atoms with Crippen LogP contribution in [0, 0.1) is 52.8 Å². The van der Waals surface area contributed by atoms with Crippen LogP contribution in [0.2, 0.25) is 0 Å². The van der Waals surface area contributed by atoms with Crippen LogP contribution in [0.1, 0.15) is 200 Å². The number of halogens is 2. The van der Waals surface area contributed by atoms with Gasteiger partial charge in [0, 0.05) is 122 Å². The third kappa shape index (κ3) is 32.0. The van der Waals surface area contributed by atoms with Crippen LogP contribution >= 0.6 is 136 Å². The maximum Gasteiger partial charge on any atom is 0 e. The van der Waals surface area contributed by atoms with E-state index >= 15 is 0 Å². The van der Waals surface area contributed by atoms with Gasteiger partial charge in [0.15, 0.2) is 25.2 Å². The standard InChI is InChI=1S/C46H76N2O12S3.C45H74N2O13S3.2CH4S.2HI.2V/c1-16-33-46(11,52)38(49)26(4)35(47-59-43-62-31-19-17-18-20-32(31)63-43)24(2)22-44(8,9)40(58-42-37(60-61-15)30(48(12)13)21-25(3)54-42)27(5)36(28(6)41(51)56-33)57-34-23-45(10,53-14)39(50)29(7)55-34;1-15-32-45(10,52)37(48)25(4)34(46-59-42-62-30-18-16-17-19-31(30)63-42)23(2)21-43(8,51)39(58-41-36(60-61-14)29(47(11)12)20-24(3)54-41)26(5)35(27(6)40(50)56-32)57-33-22-44(9,53-13)38(49)28(7)55-33;2*1-2;;;;/h17-20,24-30,33-34,36-40,42-43,49-50,52H,16,21-23H2,1-15H3;16-19,23-29,32-33,35-39,41-42,48-49,51-52H,15,20-22H2,1-14H3;2*2H,1H3;2*1H;;/q;;;;;;;+2/p-2/b47-35+;46-34+;;;;;;/t24-,25?,26+,27+,28-,29?,30?,33-,34?,36+,37?,38-,39?,40-,42?,45?,46-;23-,24?,25+,26+,27-,28?,29?,32-,33?,35+,36?,37-,38?,39-,41?,43-,44?,45-;;;;;;/m11....../s1/i15T,50T;14T,49T;;;;;;. The van der Waals surface area contributed by atoms with Gasteiger partial charge in [0.1, 0.15) is 47.8 Å². The van der Waals surface area contributed by atoms with Crippen molar-refractivity contribution in [2.45, 2.75) is 389 Å². The van der Waals surface area contributed by atoms with Gasteiger partial charge in [-0.2, -0.15) is 25.3 Å².